The van der Waals surface area contributed by atoms with Crippen molar-refractivity contribution >= 4 is 17.5 Å². The molecular weight excluding hydrogens is 405 g/mol. The average molecular weight is 432 g/mol. The van der Waals surface area contributed by atoms with Crippen molar-refractivity contribution in [3.63, 3.8) is 0 Å². The predicted molar refractivity (Wildman–Crippen MR) is 114 cm³/mol. The zero-order chi connectivity index (χ0) is 21.1. The van der Waals surface area contributed by atoms with Crippen LogP contribution < -0.4 is 0 Å². The number of amides is 1. The molecule has 2 aliphatic heterocycles. The summed E-state index contributed by atoms with van der Waals surface area (Å²) in [4.78, 5) is 14.7. The number of halogens is 2. The molecule has 2 fully saturated rings. The normalized spacial score (nSPS) is 23.5. The van der Waals surface area contributed by atoms with Crippen LogP contribution in [0.3, 0.4) is 0 Å². The van der Waals surface area contributed by atoms with E-state index in [1.54, 1.807) is 4.90 Å². The highest BCUT2D eigenvalue weighted by Crippen LogP contribution is 2.44. The van der Waals surface area contributed by atoms with Crippen LogP contribution in [0, 0.1) is 5.82 Å². The molecule has 0 unspecified atom stereocenters. The predicted octanol–water partition coefficient (Wildman–Crippen LogP) is 5.41. The number of piperidine rings is 1. The van der Waals surface area contributed by atoms with Gasteiger partial charge in [0, 0.05) is 32.5 Å². The number of benzene rings is 2. The van der Waals surface area contributed by atoms with Crippen molar-refractivity contribution in [1.82, 2.24) is 4.90 Å². The topological polar surface area (TPSA) is 38.8 Å². The summed E-state index contributed by atoms with van der Waals surface area (Å²) in [5.41, 5.74) is 1.20. The molecule has 4 nitrogen and oxygen atoms in total. The van der Waals surface area contributed by atoms with E-state index in [9.17, 15) is 9.18 Å². The lowest BCUT2D eigenvalue weighted by Gasteiger charge is -2.48. The Balaban J connectivity index is 1.48. The van der Waals surface area contributed by atoms with E-state index in [0.717, 1.165) is 31.2 Å². The summed E-state index contributed by atoms with van der Waals surface area (Å²) in [6.45, 7) is 3.85. The second kappa shape index (κ2) is 9.04. The molecule has 4 rings (SSSR count). The summed E-state index contributed by atoms with van der Waals surface area (Å²) in [6.07, 6.45) is 3.29. The first-order valence-corrected chi connectivity index (χ1v) is 11.0. The number of hydrogen-bond acceptors (Lipinski definition) is 3. The lowest BCUT2D eigenvalue weighted by molar-refractivity contribution is -0.190. The molecule has 0 aromatic heterocycles. The molecule has 0 N–H and O–H groups in total. The molecule has 2 saturated heterocycles. The van der Waals surface area contributed by atoms with Crippen LogP contribution in [0.15, 0.2) is 48.5 Å². The Morgan fingerprint density at radius 1 is 1.23 bits per heavy atom. The number of likely N-dealkylation sites (tertiary alicyclic amines) is 1. The smallest absolute Gasteiger partial charge is 0.255 e. The molecule has 1 spiro atoms. The van der Waals surface area contributed by atoms with Gasteiger partial charge in [0.05, 0.1) is 28.4 Å². The van der Waals surface area contributed by atoms with Crippen LogP contribution in [-0.2, 0) is 9.47 Å². The van der Waals surface area contributed by atoms with E-state index in [1.807, 2.05) is 25.1 Å². The van der Waals surface area contributed by atoms with E-state index in [4.69, 9.17) is 21.1 Å². The van der Waals surface area contributed by atoms with Gasteiger partial charge in [-0.05, 0) is 43.5 Å². The van der Waals surface area contributed by atoms with Gasteiger partial charge in [-0.2, -0.15) is 0 Å². The zero-order valence-corrected chi connectivity index (χ0v) is 17.9. The van der Waals surface area contributed by atoms with Crippen molar-refractivity contribution in [3.05, 3.63) is 70.5 Å². The Bertz CT molecular complexity index is 883. The fourth-order valence-electron chi connectivity index (χ4n) is 4.64. The van der Waals surface area contributed by atoms with E-state index >= 15 is 0 Å². The van der Waals surface area contributed by atoms with Crippen LogP contribution in [0.4, 0.5) is 4.39 Å². The maximum absolute atomic E-state index is 13.3. The van der Waals surface area contributed by atoms with Crippen molar-refractivity contribution in [2.75, 3.05) is 19.7 Å². The fraction of sp³-hybridized carbons (Fsp3) is 0.458. The minimum atomic E-state index is -0.446. The van der Waals surface area contributed by atoms with E-state index in [1.165, 1.54) is 18.2 Å². The first-order chi connectivity index (χ1) is 14.5. The first-order valence-electron chi connectivity index (χ1n) is 10.6. The van der Waals surface area contributed by atoms with E-state index in [2.05, 4.69) is 12.1 Å². The van der Waals surface area contributed by atoms with Gasteiger partial charge in [0.1, 0.15) is 5.82 Å². The molecule has 0 radical (unpaired) electrons. The number of nitrogens with zero attached hydrogens (tertiary/aromatic N) is 1. The molecule has 0 bridgehead atoms. The Kier molecular flexibility index (Phi) is 6.42. The molecule has 0 saturated carbocycles. The molecule has 6 heteroatoms. The summed E-state index contributed by atoms with van der Waals surface area (Å²) in [7, 11) is 0. The second-order valence-electron chi connectivity index (χ2n) is 8.13. The van der Waals surface area contributed by atoms with Crippen molar-refractivity contribution in [3.8, 4) is 0 Å². The summed E-state index contributed by atoms with van der Waals surface area (Å²) >= 11 is 6.10. The standard InChI is InChI=1S/C24H27ClFNO3/c1-2-29-19-15-22(17-6-4-3-5-7-17)30-24(16-19)10-12-27(13-11-24)23(28)20-9-8-18(26)14-21(20)25/h3-9,14,19,22H,2,10-13,15-16H2,1H3/t19-,22-/m1/s1. The highest BCUT2D eigenvalue weighted by molar-refractivity contribution is 6.33. The van der Waals surface area contributed by atoms with Gasteiger partial charge >= 0.3 is 0 Å². The quantitative estimate of drug-likeness (QED) is 0.649. The number of rotatable bonds is 4. The Hall–Kier alpha value is -1.95. The average Bonchev–Trinajstić information content (AvgIpc) is 2.74. The SMILES string of the molecule is CCO[C@@H]1C[C@H](c2ccccc2)OC2(CCN(C(=O)c3ccc(F)cc3Cl)CC2)C1. The van der Waals surface area contributed by atoms with Gasteiger partial charge in [-0.3, -0.25) is 4.79 Å². The Labute approximate surface area is 181 Å². The monoisotopic (exact) mass is 431 g/mol. The molecular formula is C24H27ClFNO3. The Morgan fingerprint density at radius 2 is 1.97 bits per heavy atom. The molecule has 2 aromatic carbocycles. The molecule has 30 heavy (non-hydrogen) atoms. The number of carbonyl (C=O) groups excluding carboxylic acids is 1. The summed E-state index contributed by atoms with van der Waals surface area (Å²) in [6, 6.07) is 14.2. The van der Waals surface area contributed by atoms with Crippen molar-refractivity contribution < 1.29 is 18.7 Å². The summed E-state index contributed by atoms with van der Waals surface area (Å²) < 4.78 is 26.0. The van der Waals surface area contributed by atoms with Gasteiger partial charge < -0.3 is 14.4 Å². The Morgan fingerprint density at radius 3 is 2.63 bits per heavy atom. The van der Waals surface area contributed by atoms with E-state index < -0.39 is 5.82 Å². The van der Waals surface area contributed by atoms with Crippen LogP contribution in [0.1, 0.15) is 54.6 Å². The summed E-state index contributed by atoms with van der Waals surface area (Å²) in [5, 5.41) is 0.148. The van der Waals surface area contributed by atoms with Gasteiger partial charge in [-0.1, -0.05) is 41.9 Å². The maximum Gasteiger partial charge on any atom is 0.255 e. The third-order valence-corrected chi connectivity index (χ3v) is 6.48. The number of carbonyl (C=O) groups is 1. The minimum Gasteiger partial charge on any atom is -0.378 e. The third kappa shape index (κ3) is 4.53. The van der Waals surface area contributed by atoms with Crippen molar-refractivity contribution in [2.45, 2.75) is 50.4 Å². The highest BCUT2D eigenvalue weighted by atomic mass is 35.5. The van der Waals surface area contributed by atoms with Gasteiger partial charge in [0.15, 0.2) is 0 Å². The highest BCUT2D eigenvalue weighted by Gasteiger charge is 2.45. The molecule has 2 aliphatic rings. The van der Waals surface area contributed by atoms with Gasteiger partial charge in [-0.15, -0.1) is 0 Å². The van der Waals surface area contributed by atoms with Crippen LogP contribution in [0.5, 0.6) is 0 Å². The number of ether oxygens (including phenoxy) is 2. The van der Waals surface area contributed by atoms with Gasteiger partial charge in [0.2, 0.25) is 0 Å². The largest absolute Gasteiger partial charge is 0.378 e. The lowest BCUT2D eigenvalue weighted by Crippen LogP contribution is -2.52. The zero-order valence-electron chi connectivity index (χ0n) is 17.2. The molecule has 2 atom stereocenters. The lowest BCUT2D eigenvalue weighted by atomic mass is 9.80. The van der Waals surface area contributed by atoms with Crippen LogP contribution >= 0.6 is 11.6 Å². The van der Waals surface area contributed by atoms with Crippen LogP contribution in [0.2, 0.25) is 5.02 Å². The fourth-order valence-corrected chi connectivity index (χ4v) is 4.89. The van der Waals surface area contributed by atoms with Crippen LogP contribution in [-0.4, -0.2) is 42.2 Å². The van der Waals surface area contributed by atoms with Crippen molar-refractivity contribution in [1.29, 1.82) is 0 Å². The van der Waals surface area contributed by atoms with Crippen LogP contribution in [0.25, 0.3) is 0 Å². The molecule has 1 amide bonds. The minimum absolute atomic E-state index is 0.00899. The second-order valence-corrected chi connectivity index (χ2v) is 8.54. The number of hydrogen-bond donors (Lipinski definition) is 0. The first kappa shape index (κ1) is 21.3. The molecule has 2 aromatic rings. The van der Waals surface area contributed by atoms with E-state index in [-0.39, 0.29) is 28.7 Å². The van der Waals surface area contributed by atoms with Gasteiger partial charge in [-0.25, -0.2) is 4.39 Å². The van der Waals surface area contributed by atoms with E-state index in [0.29, 0.717) is 25.3 Å². The molecule has 2 heterocycles. The van der Waals surface area contributed by atoms with Gasteiger partial charge in [0.25, 0.3) is 5.91 Å². The molecule has 0 aliphatic carbocycles. The third-order valence-electron chi connectivity index (χ3n) is 6.17. The maximum atomic E-state index is 13.3. The molecule has 160 valence electrons. The summed E-state index contributed by atoms with van der Waals surface area (Å²) in [5.74, 6) is -0.606. The van der Waals surface area contributed by atoms with Crippen molar-refractivity contribution in [2.24, 2.45) is 0 Å².